The van der Waals surface area contributed by atoms with Crippen LogP contribution in [0.3, 0.4) is 0 Å². The van der Waals surface area contributed by atoms with Crippen LogP contribution in [-0.2, 0) is 0 Å². The lowest BCUT2D eigenvalue weighted by Crippen LogP contribution is -2.52. The van der Waals surface area contributed by atoms with E-state index in [4.69, 9.17) is 0 Å². The van der Waals surface area contributed by atoms with Crippen molar-refractivity contribution in [3.8, 4) is 0 Å². The highest BCUT2D eigenvalue weighted by atomic mass is 16.3. The summed E-state index contributed by atoms with van der Waals surface area (Å²) in [5.41, 5.74) is 1.72. The van der Waals surface area contributed by atoms with E-state index in [0.717, 1.165) is 32.4 Å². The van der Waals surface area contributed by atoms with Gasteiger partial charge in [-0.15, -0.1) is 0 Å². The van der Waals surface area contributed by atoms with Gasteiger partial charge in [0.05, 0.1) is 11.6 Å². The van der Waals surface area contributed by atoms with E-state index in [2.05, 4.69) is 41.5 Å². The molecule has 2 aliphatic rings. The van der Waals surface area contributed by atoms with Gasteiger partial charge in [0.25, 0.3) is 0 Å². The molecule has 2 N–H and O–H groups in total. The second-order valence-corrected chi connectivity index (χ2v) is 7.66. The summed E-state index contributed by atoms with van der Waals surface area (Å²) in [6, 6.07) is 8.30. The van der Waals surface area contributed by atoms with Crippen LogP contribution in [0.25, 0.3) is 0 Å². The third-order valence-electron chi connectivity index (χ3n) is 5.43. The van der Waals surface area contributed by atoms with Crippen molar-refractivity contribution in [1.29, 1.82) is 0 Å². The molecule has 0 bridgehead atoms. The Morgan fingerprint density at radius 1 is 1.29 bits per heavy atom. The normalized spacial score (nSPS) is 24.0. The predicted octanol–water partition coefficient (Wildman–Crippen LogP) is 2.56. The first-order valence-corrected chi connectivity index (χ1v) is 8.95. The number of amides is 2. The van der Waals surface area contributed by atoms with Gasteiger partial charge in [-0.3, -0.25) is 0 Å². The molecule has 1 aromatic carbocycles. The second kappa shape index (κ2) is 6.63. The van der Waals surface area contributed by atoms with Crippen molar-refractivity contribution in [2.24, 2.45) is 0 Å². The van der Waals surface area contributed by atoms with Gasteiger partial charge in [-0.05, 0) is 44.7 Å². The molecule has 0 unspecified atom stereocenters. The molecule has 1 saturated heterocycles. The molecule has 3 rings (SSSR count). The number of para-hydroxylation sites is 1. The van der Waals surface area contributed by atoms with Crippen molar-refractivity contribution in [1.82, 2.24) is 10.2 Å². The molecule has 5 nitrogen and oxygen atoms in total. The van der Waals surface area contributed by atoms with Crippen LogP contribution in [0.2, 0.25) is 0 Å². The SMILES string of the molecule is CN1CC[C@@H](CNC(=O)N2CCC[C@@H]2C(C)(C)O)c2ccccc21. The number of carbonyl (C=O) groups is 1. The van der Waals surface area contributed by atoms with Crippen molar-refractivity contribution >= 4 is 11.7 Å². The Kier molecular flexibility index (Phi) is 4.72. The fourth-order valence-corrected chi connectivity index (χ4v) is 4.07. The van der Waals surface area contributed by atoms with Gasteiger partial charge in [0.15, 0.2) is 0 Å². The van der Waals surface area contributed by atoms with Crippen molar-refractivity contribution in [3.05, 3.63) is 29.8 Å². The van der Waals surface area contributed by atoms with E-state index in [1.54, 1.807) is 18.7 Å². The largest absolute Gasteiger partial charge is 0.388 e. The summed E-state index contributed by atoms with van der Waals surface area (Å²) in [6.07, 6.45) is 2.87. The highest BCUT2D eigenvalue weighted by Gasteiger charge is 2.38. The second-order valence-electron chi connectivity index (χ2n) is 7.66. The average Bonchev–Trinajstić information content (AvgIpc) is 3.04. The molecule has 2 heterocycles. The van der Waals surface area contributed by atoms with Gasteiger partial charge in [-0.25, -0.2) is 4.79 Å². The molecular weight excluding hydrogens is 302 g/mol. The number of fused-ring (bicyclic) bond motifs is 1. The van der Waals surface area contributed by atoms with Crippen LogP contribution in [0.4, 0.5) is 10.5 Å². The smallest absolute Gasteiger partial charge is 0.317 e. The number of hydrogen-bond donors (Lipinski definition) is 2. The number of aliphatic hydroxyl groups is 1. The van der Waals surface area contributed by atoms with Crippen molar-refractivity contribution in [2.45, 2.75) is 50.7 Å². The minimum atomic E-state index is -0.853. The van der Waals surface area contributed by atoms with E-state index in [0.29, 0.717) is 12.5 Å². The Morgan fingerprint density at radius 3 is 2.79 bits per heavy atom. The van der Waals surface area contributed by atoms with Gasteiger partial charge in [-0.1, -0.05) is 18.2 Å². The molecule has 0 radical (unpaired) electrons. The molecule has 1 aromatic rings. The molecule has 132 valence electrons. The molecule has 0 aliphatic carbocycles. The van der Waals surface area contributed by atoms with Crippen molar-refractivity contribution in [2.75, 3.05) is 31.6 Å². The zero-order valence-corrected chi connectivity index (χ0v) is 15.0. The Balaban J connectivity index is 1.64. The number of nitrogens with one attached hydrogen (secondary N) is 1. The van der Waals surface area contributed by atoms with Gasteiger partial charge >= 0.3 is 6.03 Å². The average molecular weight is 331 g/mol. The van der Waals surface area contributed by atoms with Gasteiger partial charge in [-0.2, -0.15) is 0 Å². The first-order chi connectivity index (χ1) is 11.4. The quantitative estimate of drug-likeness (QED) is 0.895. The zero-order valence-electron chi connectivity index (χ0n) is 15.0. The lowest BCUT2D eigenvalue weighted by atomic mass is 9.90. The lowest BCUT2D eigenvalue weighted by Gasteiger charge is -2.35. The van der Waals surface area contributed by atoms with Crippen LogP contribution in [-0.4, -0.2) is 54.4 Å². The Bertz CT molecular complexity index is 597. The number of nitrogens with zero attached hydrogens (tertiary/aromatic N) is 2. The van der Waals surface area contributed by atoms with Gasteiger partial charge < -0.3 is 20.2 Å². The van der Waals surface area contributed by atoms with Gasteiger partial charge in [0.2, 0.25) is 0 Å². The topological polar surface area (TPSA) is 55.8 Å². The molecule has 0 aromatic heterocycles. The summed E-state index contributed by atoms with van der Waals surface area (Å²) < 4.78 is 0. The molecule has 2 aliphatic heterocycles. The Hall–Kier alpha value is -1.75. The van der Waals surface area contributed by atoms with E-state index < -0.39 is 5.60 Å². The first-order valence-electron chi connectivity index (χ1n) is 8.95. The van der Waals surface area contributed by atoms with Crippen LogP contribution in [0.5, 0.6) is 0 Å². The molecule has 5 heteroatoms. The van der Waals surface area contributed by atoms with Gasteiger partial charge in [0.1, 0.15) is 0 Å². The standard InChI is InChI=1S/C19H29N3O2/c1-19(2,24)17-9-6-11-22(17)18(23)20-13-14-10-12-21(3)16-8-5-4-7-15(14)16/h4-5,7-8,14,17,24H,6,9-13H2,1-3H3,(H,20,23)/t14-,17+/m0/s1. The Labute approximate surface area is 144 Å². The monoisotopic (exact) mass is 331 g/mol. The third-order valence-corrected chi connectivity index (χ3v) is 5.43. The first kappa shape index (κ1) is 17.1. The summed E-state index contributed by atoms with van der Waals surface area (Å²) in [4.78, 5) is 16.7. The van der Waals surface area contributed by atoms with E-state index in [-0.39, 0.29) is 12.1 Å². The molecule has 0 spiro atoms. The number of anilines is 1. The summed E-state index contributed by atoms with van der Waals surface area (Å²) in [5.74, 6) is 0.351. The Morgan fingerprint density at radius 2 is 2.04 bits per heavy atom. The number of likely N-dealkylation sites (tertiary alicyclic amines) is 1. The van der Waals surface area contributed by atoms with E-state index in [1.165, 1.54) is 11.3 Å². The van der Waals surface area contributed by atoms with Crippen LogP contribution in [0.15, 0.2) is 24.3 Å². The van der Waals surface area contributed by atoms with E-state index >= 15 is 0 Å². The fraction of sp³-hybridized carbons (Fsp3) is 0.632. The molecule has 0 saturated carbocycles. The number of benzene rings is 1. The summed E-state index contributed by atoms with van der Waals surface area (Å²) in [7, 11) is 2.12. The molecule has 1 fully saturated rings. The summed E-state index contributed by atoms with van der Waals surface area (Å²) in [5, 5.41) is 13.4. The number of hydrogen-bond acceptors (Lipinski definition) is 3. The highest BCUT2D eigenvalue weighted by molar-refractivity contribution is 5.75. The third kappa shape index (κ3) is 3.36. The maximum atomic E-state index is 12.6. The molecule has 24 heavy (non-hydrogen) atoms. The summed E-state index contributed by atoms with van der Waals surface area (Å²) in [6.45, 7) is 5.96. The zero-order chi connectivity index (χ0) is 17.3. The van der Waals surface area contributed by atoms with Crippen LogP contribution >= 0.6 is 0 Å². The maximum absolute atomic E-state index is 12.6. The highest BCUT2D eigenvalue weighted by Crippen LogP contribution is 2.34. The van der Waals surface area contributed by atoms with Gasteiger partial charge in [0, 0.05) is 38.3 Å². The minimum Gasteiger partial charge on any atom is -0.388 e. The van der Waals surface area contributed by atoms with E-state index in [1.807, 2.05) is 0 Å². The number of carbonyl (C=O) groups excluding carboxylic acids is 1. The van der Waals surface area contributed by atoms with Crippen molar-refractivity contribution < 1.29 is 9.90 Å². The molecule has 2 amide bonds. The number of urea groups is 1. The molecule has 2 atom stereocenters. The molecular formula is C19H29N3O2. The summed E-state index contributed by atoms with van der Waals surface area (Å²) >= 11 is 0. The predicted molar refractivity (Wildman–Crippen MR) is 96.5 cm³/mol. The van der Waals surface area contributed by atoms with Crippen LogP contribution in [0, 0.1) is 0 Å². The van der Waals surface area contributed by atoms with Crippen molar-refractivity contribution in [3.63, 3.8) is 0 Å². The fourth-order valence-electron chi connectivity index (χ4n) is 4.07. The number of rotatable bonds is 3. The van der Waals surface area contributed by atoms with Crippen LogP contribution in [0.1, 0.15) is 44.6 Å². The van der Waals surface area contributed by atoms with Crippen LogP contribution < -0.4 is 10.2 Å². The van der Waals surface area contributed by atoms with E-state index in [9.17, 15) is 9.90 Å². The lowest BCUT2D eigenvalue weighted by molar-refractivity contribution is 0.00980. The maximum Gasteiger partial charge on any atom is 0.317 e. The minimum absolute atomic E-state index is 0.0453.